The summed E-state index contributed by atoms with van der Waals surface area (Å²) in [6, 6.07) is 3.64. The highest BCUT2D eigenvalue weighted by Crippen LogP contribution is 2.28. The van der Waals surface area contributed by atoms with Crippen molar-refractivity contribution in [1.82, 2.24) is 9.13 Å². The first-order valence-electron chi connectivity index (χ1n) is 8.18. The molecular formula is C17H24Cl2N2O. The van der Waals surface area contributed by atoms with Crippen LogP contribution in [0.25, 0.3) is 11.0 Å². The second kappa shape index (κ2) is 8.07. The van der Waals surface area contributed by atoms with Gasteiger partial charge in [0.15, 0.2) is 0 Å². The Bertz CT molecular complexity index is 632. The van der Waals surface area contributed by atoms with Crippen LogP contribution >= 0.6 is 23.2 Å². The highest BCUT2D eigenvalue weighted by Gasteiger charge is 2.15. The van der Waals surface area contributed by atoms with Gasteiger partial charge in [0, 0.05) is 13.1 Å². The van der Waals surface area contributed by atoms with Gasteiger partial charge in [0.05, 0.1) is 21.1 Å². The Morgan fingerprint density at radius 1 is 0.818 bits per heavy atom. The zero-order valence-electron chi connectivity index (χ0n) is 13.4. The number of fused-ring (bicyclic) bond motifs is 1. The number of aromatic nitrogens is 2. The van der Waals surface area contributed by atoms with E-state index < -0.39 is 0 Å². The van der Waals surface area contributed by atoms with E-state index in [1.165, 1.54) is 0 Å². The van der Waals surface area contributed by atoms with Gasteiger partial charge in [-0.2, -0.15) is 0 Å². The van der Waals surface area contributed by atoms with Gasteiger partial charge in [0.2, 0.25) is 0 Å². The van der Waals surface area contributed by atoms with E-state index in [9.17, 15) is 4.79 Å². The van der Waals surface area contributed by atoms with Crippen molar-refractivity contribution in [1.29, 1.82) is 0 Å². The molecule has 0 unspecified atom stereocenters. The van der Waals surface area contributed by atoms with E-state index >= 15 is 0 Å². The lowest BCUT2D eigenvalue weighted by Crippen LogP contribution is -2.24. The predicted molar refractivity (Wildman–Crippen MR) is 95.3 cm³/mol. The lowest BCUT2D eigenvalue weighted by atomic mass is 10.2. The van der Waals surface area contributed by atoms with Gasteiger partial charge in [-0.05, 0) is 25.0 Å². The second-order valence-corrected chi connectivity index (χ2v) is 6.57. The van der Waals surface area contributed by atoms with Crippen molar-refractivity contribution in [2.75, 3.05) is 0 Å². The largest absolute Gasteiger partial charge is 0.329 e. The van der Waals surface area contributed by atoms with Gasteiger partial charge in [-0.3, -0.25) is 9.13 Å². The average molecular weight is 343 g/mol. The van der Waals surface area contributed by atoms with Gasteiger partial charge in [-0.1, -0.05) is 62.7 Å². The molecule has 0 atom stereocenters. The summed E-state index contributed by atoms with van der Waals surface area (Å²) in [5, 5.41) is 1.01. The molecule has 3 nitrogen and oxygen atoms in total. The minimum absolute atomic E-state index is 0.0561. The Morgan fingerprint density at radius 2 is 1.23 bits per heavy atom. The highest BCUT2D eigenvalue weighted by molar-refractivity contribution is 6.42. The fourth-order valence-electron chi connectivity index (χ4n) is 2.78. The van der Waals surface area contributed by atoms with Gasteiger partial charge in [-0.25, -0.2) is 4.79 Å². The molecule has 0 radical (unpaired) electrons. The number of unbranched alkanes of at least 4 members (excludes halogenated alkanes) is 4. The van der Waals surface area contributed by atoms with E-state index in [0.717, 1.165) is 62.6 Å². The van der Waals surface area contributed by atoms with Crippen LogP contribution in [0.15, 0.2) is 16.9 Å². The number of hydrogen-bond acceptors (Lipinski definition) is 1. The van der Waals surface area contributed by atoms with Gasteiger partial charge >= 0.3 is 5.69 Å². The van der Waals surface area contributed by atoms with Crippen LogP contribution in [0.2, 0.25) is 10.0 Å². The lowest BCUT2D eigenvalue weighted by Gasteiger charge is -2.03. The SMILES string of the molecule is CCCCCn1c(=O)n(CCCCC)c2cc(Cl)c(Cl)cc21. The van der Waals surface area contributed by atoms with Crippen molar-refractivity contribution in [3.05, 3.63) is 32.7 Å². The van der Waals surface area contributed by atoms with Gasteiger partial charge in [-0.15, -0.1) is 0 Å². The fraction of sp³-hybridized carbons (Fsp3) is 0.588. The molecule has 2 rings (SSSR count). The minimum atomic E-state index is 0.0561. The molecule has 0 spiro atoms. The Balaban J connectivity index is 2.45. The highest BCUT2D eigenvalue weighted by atomic mass is 35.5. The topological polar surface area (TPSA) is 26.9 Å². The molecule has 0 bridgehead atoms. The number of benzene rings is 1. The number of hydrogen-bond donors (Lipinski definition) is 0. The quantitative estimate of drug-likeness (QED) is 0.582. The molecule has 1 aromatic carbocycles. The molecule has 1 aromatic heterocycles. The first kappa shape index (κ1) is 17.4. The van der Waals surface area contributed by atoms with Crippen LogP contribution in [-0.2, 0) is 13.1 Å². The molecule has 0 fully saturated rings. The lowest BCUT2D eigenvalue weighted by molar-refractivity contribution is 0.554. The van der Waals surface area contributed by atoms with Crippen LogP contribution in [0, 0.1) is 0 Å². The van der Waals surface area contributed by atoms with Crippen LogP contribution < -0.4 is 5.69 Å². The van der Waals surface area contributed by atoms with Crippen LogP contribution in [0.4, 0.5) is 0 Å². The summed E-state index contributed by atoms with van der Waals surface area (Å²) in [5.74, 6) is 0. The van der Waals surface area contributed by atoms with Gasteiger partial charge < -0.3 is 0 Å². The molecular weight excluding hydrogens is 319 g/mol. The monoisotopic (exact) mass is 342 g/mol. The standard InChI is InChI=1S/C17H24Cl2N2O/c1-3-5-7-9-20-15-11-13(18)14(19)12-16(15)21(17(20)22)10-8-6-4-2/h11-12H,3-10H2,1-2H3. The molecule has 22 heavy (non-hydrogen) atoms. The predicted octanol–water partition coefficient (Wildman–Crippen LogP) is 5.49. The van der Waals surface area contributed by atoms with Crippen molar-refractivity contribution < 1.29 is 0 Å². The molecule has 1 heterocycles. The zero-order valence-corrected chi connectivity index (χ0v) is 14.9. The van der Waals surface area contributed by atoms with E-state index in [2.05, 4.69) is 13.8 Å². The molecule has 2 aromatic rings. The molecule has 5 heteroatoms. The third kappa shape index (κ3) is 3.69. The van der Waals surface area contributed by atoms with E-state index in [4.69, 9.17) is 23.2 Å². The van der Waals surface area contributed by atoms with E-state index in [-0.39, 0.29) is 5.69 Å². The third-order valence-corrected chi connectivity index (χ3v) is 4.75. The summed E-state index contributed by atoms with van der Waals surface area (Å²) in [6.45, 7) is 5.80. The summed E-state index contributed by atoms with van der Waals surface area (Å²) >= 11 is 12.3. The summed E-state index contributed by atoms with van der Waals surface area (Å²) in [5.41, 5.74) is 1.85. The fourth-order valence-corrected chi connectivity index (χ4v) is 3.10. The first-order valence-corrected chi connectivity index (χ1v) is 8.93. The van der Waals surface area contributed by atoms with Crippen LogP contribution in [0.5, 0.6) is 0 Å². The van der Waals surface area contributed by atoms with Gasteiger partial charge in [0.25, 0.3) is 0 Å². The Hall–Kier alpha value is -0.930. The Morgan fingerprint density at radius 3 is 1.59 bits per heavy atom. The van der Waals surface area contributed by atoms with Crippen molar-refractivity contribution in [2.24, 2.45) is 0 Å². The van der Waals surface area contributed by atoms with E-state index in [1.54, 1.807) is 0 Å². The van der Waals surface area contributed by atoms with Crippen LogP contribution in [0.3, 0.4) is 0 Å². The first-order chi connectivity index (χ1) is 10.6. The molecule has 0 saturated carbocycles. The molecule has 0 N–H and O–H groups in total. The maximum Gasteiger partial charge on any atom is 0.329 e. The third-order valence-electron chi connectivity index (χ3n) is 4.03. The molecule has 0 amide bonds. The van der Waals surface area contributed by atoms with Crippen LogP contribution in [0.1, 0.15) is 52.4 Å². The van der Waals surface area contributed by atoms with Crippen molar-refractivity contribution >= 4 is 34.2 Å². The second-order valence-electron chi connectivity index (χ2n) is 5.76. The van der Waals surface area contributed by atoms with Crippen LogP contribution in [-0.4, -0.2) is 9.13 Å². The number of aryl methyl sites for hydroxylation is 2. The minimum Gasteiger partial charge on any atom is -0.292 e. The van der Waals surface area contributed by atoms with Crippen molar-refractivity contribution in [2.45, 2.75) is 65.5 Å². The molecule has 0 aliphatic rings. The van der Waals surface area contributed by atoms with Crippen molar-refractivity contribution in [3.8, 4) is 0 Å². The van der Waals surface area contributed by atoms with E-state index in [1.807, 2.05) is 21.3 Å². The van der Waals surface area contributed by atoms with E-state index in [0.29, 0.717) is 10.0 Å². The van der Waals surface area contributed by atoms with Crippen molar-refractivity contribution in [3.63, 3.8) is 0 Å². The average Bonchev–Trinajstić information content (AvgIpc) is 2.73. The Labute approximate surface area is 141 Å². The Kier molecular flexibility index (Phi) is 6.39. The maximum atomic E-state index is 12.7. The summed E-state index contributed by atoms with van der Waals surface area (Å²) in [7, 11) is 0. The smallest absolute Gasteiger partial charge is 0.292 e. The number of imidazole rings is 1. The summed E-state index contributed by atoms with van der Waals surface area (Å²) in [6.07, 6.45) is 6.52. The molecule has 122 valence electrons. The number of rotatable bonds is 8. The molecule has 0 aliphatic heterocycles. The molecule has 0 aliphatic carbocycles. The maximum absolute atomic E-state index is 12.7. The number of nitrogens with zero attached hydrogens (tertiary/aromatic N) is 2. The molecule has 0 saturated heterocycles. The summed E-state index contributed by atoms with van der Waals surface area (Å²) < 4.78 is 3.69. The summed E-state index contributed by atoms with van der Waals surface area (Å²) in [4.78, 5) is 12.7. The normalized spacial score (nSPS) is 11.5. The van der Waals surface area contributed by atoms with Gasteiger partial charge in [0.1, 0.15) is 0 Å². The zero-order chi connectivity index (χ0) is 16.1. The number of halogens is 2.